The lowest BCUT2D eigenvalue weighted by atomic mass is 10.0. The van der Waals surface area contributed by atoms with Crippen LogP contribution in [0.5, 0.6) is 0 Å². The fourth-order valence-electron chi connectivity index (χ4n) is 3.56. The van der Waals surface area contributed by atoms with Crippen molar-refractivity contribution in [1.82, 2.24) is 19.4 Å². The van der Waals surface area contributed by atoms with E-state index in [1.165, 1.54) is 5.52 Å². The van der Waals surface area contributed by atoms with Crippen molar-refractivity contribution >= 4 is 16.9 Å². The first-order valence-corrected chi connectivity index (χ1v) is 9.05. The number of carbonyl (C=O) groups excluding carboxylic acids is 1. The first-order valence-electron chi connectivity index (χ1n) is 9.05. The number of aryl methyl sites for hydroxylation is 1. The Balaban J connectivity index is 1.61. The number of aromatic nitrogens is 2. The van der Waals surface area contributed by atoms with Gasteiger partial charge in [-0.15, -0.1) is 0 Å². The first-order chi connectivity index (χ1) is 11.6. The SMILES string of the molecule is CCC(CC)C(=O)N1CCN(Cc2nc3ccccc3n2C)CC1. The number of rotatable bonds is 5. The van der Waals surface area contributed by atoms with E-state index in [0.29, 0.717) is 5.91 Å². The molecule has 0 radical (unpaired) electrons. The number of benzene rings is 1. The second-order valence-electron chi connectivity index (χ2n) is 6.69. The maximum absolute atomic E-state index is 12.5. The van der Waals surface area contributed by atoms with Crippen LogP contribution in [0.2, 0.25) is 0 Å². The molecule has 2 aromatic rings. The molecule has 0 aliphatic carbocycles. The lowest BCUT2D eigenvalue weighted by Gasteiger charge is -2.36. The van der Waals surface area contributed by atoms with E-state index in [-0.39, 0.29) is 5.92 Å². The Morgan fingerprint density at radius 1 is 1.12 bits per heavy atom. The van der Waals surface area contributed by atoms with Gasteiger partial charge in [-0.2, -0.15) is 0 Å². The molecule has 1 amide bonds. The summed E-state index contributed by atoms with van der Waals surface area (Å²) in [4.78, 5) is 21.7. The Labute approximate surface area is 144 Å². The smallest absolute Gasteiger partial charge is 0.225 e. The van der Waals surface area contributed by atoms with E-state index in [0.717, 1.165) is 56.9 Å². The van der Waals surface area contributed by atoms with Crippen molar-refractivity contribution in [2.75, 3.05) is 26.2 Å². The van der Waals surface area contributed by atoms with Crippen molar-refractivity contribution in [1.29, 1.82) is 0 Å². The van der Waals surface area contributed by atoms with Crippen LogP contribution in [0.15, 0.2) is 24.3 Å². The molecule has 130 valence electrons. The fraction of sp³-hybridized carbons (Fsp3) is 0.579. The van der Waals surface area contributed by atoms with Crippen LogP contribution in [0.3, 0.4) is 0 Å². The van der Waals surface area contributed by atoms with E-state index in [9.17, 15) is 4.79 Å². The van der Waals surface area contributed by atoms with Crippen LogP contribution < -0.4 is 0 Å². The van der Waals surface area contributed by atoms with Crippen LogP contribution in [0, 0.1) is 5.92 Å². The van der Waals surface area contributed by atoms with Gasteiger partial charge in [0.15, 0.2) is 0 Å². The third-order valence-electron chi connectivity index (χ3n) is 5.26. The van der Waals surface area contributed by atoms with Gasteiger partial charge in [0, 0.05) is 39.1 Å². The summed E-state index contributed by atoms with van der Waals surface area (Å²) in [5.74, 6) is 1.62. The zero-order valence-corrected chi connectivity index (χ0v) is 15.0. The van der Waals surface area contributed by atoms with Crippen LogP contribution in [0.25, 0.3) is 11.0 Å². The topological polar surface area (TPSA) is 41.4 Å². The molecule has 1 aromatic heterocycles. The summed E-state index contributed by atoms with van der Waals surface area (Å²) >= 11 is 0. The maximum Gasteiger partial charge on any atom is 0.225 e. The van der Waals surface area contributed by atoms with E-state index in [4.69, 9.17) is 4.98 Å². The zero-order valence-electron chi connectivity index (χ0n) is 15.0. The maximum atomic E-state index is 12.5. The lowest BCUT2D eigenvalue weighted by molar-refractivity contribution is -0.137. The van der Waals surface area contributed by atoms with Gasteiger partial charge in [-0.1, -0.05) is 26.0 Å². The van der Waals surface area contributed by atoms with Gasteiger partial charge in [0.05, 0.1) is 17.6 Å². The predicted molar refractivity (Wildman–Crippen MR) is 96.6 cm³/mol. The van der Waals surface area contributed by atoms with Crippen molar-refractivity contribution < 1.29 is 4.79 Å². The van der Waals surface area contributed by atoms with Crippen LogP contribution >= 0.6 is 0 Å². The largest absolute Gasteiger partial charge is 0.340 e. The number of carbonyl (C=O) groups is 1. The summed E-state index contributed by atoms with van der Waals surface area (Å²) < 4.78 is 2.18. The summed E-state index contributed by atoms with van der Waals surface area (Å²) in [6.07, 6.45) is 1.88. The Morgan fingerprint density at radius 2 is 1.79 bits per heavy atom. The number of amides is 1. The van der Waals surface area contributed by atoms with Gasteiger partial charge in [0.2, 0.25) is 5.91 Å². The summed E-state index contributed by atoms with van der Waals surface area (Å²) in [5, 5.41) is 0. The van der Waals surface area contributed by atoms with Crippen LogP contribution in [-0.4, -0.2) is 51.4 Å². The third kappa shape index (κ3) is 3.31. The van der Waals surface area contributed by atoms with Crippen LogP contribution in [0.1, 0.15) is 32.5 Å². The van der Waals surface area contributed by atoms with Crippen molar-refractivity contribution in [2.45, 2.75) is 33.2 Å². The summed E-state index contributed by atoms with van der Waals surface area (Å²) in [6, 6.07) is 8.25. The van der Waals surface area contributed by atoms with Gasteiger partial charge < -0.3 is 9.47 Å². The Morgan fingerprint density at radius 3 is 2.42 bits per heavy atom. The highest BCUT2D eigenvalue weighted by Crippen LogP contribution is 2.18. The minimum Gasteiger partial charge on any atom is -0.340 e. The highest BCUT2D eigenvalue weighted by molar-refractivity contribution is 5.79. The van der Waals surface area contributed by atoms with Crippen LogP contribution in [0.4, 0.5) is 0 Å². The average Bonchev–Trinajstić information content (AvgIpc) is 2.93. The van der Waals surface area contributed by atoms with Crippen molar-refractivity contribution in [3.8, 4) is 0 Å². The molecular weight excluding hydrogens is 300 g/mol. The molecule has 1 fully saturated rings. The van der Waals surface area contributed by atoms with Crippen LogP contribution in [-0.2, 0) is 18.4 Å². The van der Waals surface area contributed by atoms with Gasteiger partial charge in [0.1, 0.15) is 5.82 Å². The molecule has 1 aliphatic rings. The highest BCUT2D eigenvalue weighted by atomic mass is 16.2. The molecule has 1 aromatic carbocycles. The van der Waals surface area contributed by atoms with Gasteiger partial charge in [-0.3, -0.25) is 9.69 Å². The molecule has 24 heavy (non-hydrogen) atoms. The molecule has 5 nitrogen and oxygen atoms in total. The number of piperazine rings is 1. The molecule has 0 N–H and O–H groups in total. The first kappa shape index (κ1) is 17.0. The molecule has 0 saturated carbocycles. The van der Waals surface area contributed by atoms with E-state index >= 15 is 0 Å². The molecule has 1 saturated heterocycles. The van der Waals surface area contributed by atoms with Gasteiger partial charge in [0.25, 0.3) is 0 Å². The second-order valence-corrected chi connectivity index (χ2v) is 6.69. The standard InChI is InChI=1S/C19H28N4O/c1-4-15(5-2)19(24)23-12-10-22(11-13-23)14-18-20-16-8-6-7-9-17(16)21(18)3/h6-9,15H,4-5,10-14H2,1-3H3. The highest BCUT2D eigenvalue weighted by Gasteiger charge is 2.26. The Hall–Kier alpha value is -1.88. The quantitative estimate of drug-likeness (QED) is 0.847. The number of nitrogens with zero attached hydrogens (tertiary/aromatic N) is 4. The minimum absolute atomic E-state index is 0.191. The molecular formula is C19H28N4O. The Kier molecular flexibility index (Phi) is 5.19. The van der Waals surface area contributed by atoms with Gasteiger partial charge in [-0.25, -0.2) is 4.98 Å². The second kappa shape index (κ2) is 7.34. The molecule has 0 atom stereocenters. The monoisotopic (exact) mass is 328 g/mol. The van der Waals surface area contributed by atoms with E-state index in [2.05, 4.69) is 48.6 Å². The number of hydrogen-bond acceptors (Lipinski definition) is 3. The van der Waals surface area contributed by atoms with Gasteiger partial charge in [-0.05, 0) is 25.0 Å². The Bertz CT molecular complexity index is 696. The number of hydrogen-bond donors (Lipinski definition) is 0. The summed E-state index contributed by atoms with van der Waals surface area (Å²) in [6.45, 7) is 8.57. The van der Waals surface area contributed by atoms with E-state index in [1.54, 1.807) is 0 Å². The number of fused-ring (bicyclic) bond motifs is 1. The van der Waals surface area contributed by atoms with Crippen molar-refractivity contribution in [3.05, 3.63) is 30.1 Å². The zero-order chi connectivity index (χ0) is 17.1. The minimum atomic E-state index is 0.191. The lowest BCUT2D eigenvalue weighted by Crippen LogP contribution is -2.50. The summed E-state index contributed by atoms with van der Waals surface area (Å²) in [7, 11) is 2.08. The summed E-state index contributed by atoms with van der Waals surface area (Å²) in [5.41, 5.74) is 2.23. The molecule has 5 heteroatoms. The predicted octanol–water partition coefficient (Wildman–Crippen LogP) is 2.65. The molecule has 0 unspecified atom stereocenters. The fourth-order valence-corrected chi connectivity index (χ4v) is 3.56. The van der Waals surface area contributed by atoms with Crippen molar-refractivity contribution in [2.24, 2.45) is 13.0 Å². The molecule has 0 bridgehead atoms. The van der Waals surface area contributed by atoms with E-state index < -0.39 is 0 Å². The number of imidazole rings is 1. The molecule has 2 heterocycles. The van der Waals surface area contributed by atoms with E-state index in [1.807, 2.05) is 11.0 Å². The third-order valence-corrected chi connectivity index (χ3v) is 5.26. The number of para-hydroxylation sites is 2. The molecule has 0 spiro atoms. The molecule has 3 rings (SSSR count). The normalized spacial score (nSPS) is 16.2. The average molecular weight is 328 g/mol. The van der Waals surface area contributed by atoms with Gasteiger partial charge >= 0.3 is 0 Å². The molecule has 1 aliphatic heterocycles. The van der Waals surface area contributed by atoms with Crippen molar-refractivity contribution in [3.63, 3.8) is 0 Å².